The van der Waals surface area contributed by atoms with Gasteiger partial charge in [0, 0.05) is 13.6 Å². The third-order valence-electron chi connectivity index (χ3n) is 1.84. The predicted octanol–water partition coefficient (Wildman–Crippen LogP) is -1.61. The number of nitrogens with two attached hydrogens (primary N) is 1. The molecule has 0 aromatic carbocycles. The van der Waals surface area contributed by atoms with Crippen LogP contribution in [0.1, 0.15) is 10.5 Å². The highest BCUT2D eigenvalue weighted by atomic mass is 16.4. The number of carboxylic acid groups (broad SMARTS) is 1. The average Bonchev–Trinajstić information content (AvgIpc) is 2.64. The van der Waals surface area contributed by atoms with Crippen LogP contribution in [-0.2, 0) is 11.3 Å². The molecule has 0 aliphatic carbocycles. The lowest BCUT2D eigenvalue weighted by Gasteiger charge is -2.11. The molecule has 0 saturated carbocycles. The number of amides is 1. The summed E-state index contributed by atoms with van der Waals surface area (Å²) in [6.07, 6.45) is 1.44. The first-order valence-corrected chi connectivity index (χ1v) is 4.62. The van der Waals surface area contributed by atoms with Crippen molar-refractivity contribution in [3.8, 4) is 0 Å². The predicted molar refractivity (Wildman–Crippen MR) is 53.7 cm³/mol. The molecule has 8 nitrogen and oxygen atoms in total. The van der Waals surface area contributed by atoms with E-state index in [4.69, 9.17) is 10.8 Å². The van der Waals surface area contributed by atoms with E-state index in [0.717, 1.165) is 4.90 Å². The Bertz CT molecular complexity index is 389. The van der Waals surface area contributed by atoms with Gasteiger partial charge in [-0.05, 0) is 0 Å². The Kier molecular flexibility index (Phi) is 3.95. The molecule has 0 atom stereocenters. The number of carboxylic acids is 1. The molecule has 1 aromatic rings. The van der Waals surface area contributed by atoms with Crippen molar-refractivity contribution in [1.82, 2.24) is 19.9 Å². The highest BCUT2D eigenvalue weighted by Crippen LogP contribution is 1.98. The maximum atomic E-state index is 11.6. The third-order valence-corrected chi connectivity index (χ3v) is 1.84. The van der Waals surface area contributed by atoms with E-state index < -0.39 is 11.9 Å². The van der Waals surface area contributed by atoms with Crippen molar-refractivity contribution in [3.63, 3.8) is 0 Å². The van der Waals surface area contributed by atoms with Gasteiger partial charge >= 0.3 is 5.97 Å². The maximum Gasteiger partial charge on any atom is 0.323 e. The fourth-order valence-corrected chi connectivity index (χ4v) is 1.11. The van der Waals surface area contributed by atoms with Crippen LogP contribution in [0.3, 0.4) is 0 Å². The van der Waals surface area contributed by atoms with Crippen molar-refractivity contribution in [2.75, 3.05) is 20.1 Å². The molecule has 16 heavy (non-hydrogen) atoms. The Morgan fingerprint density at radius 1 is 1.62 bits per heavy atom. The zero-order chi connectivity index (χ0) is 12.1. The van der Waals surface area contributed by atoms with Gasteiger partial charge in [0.2, 0.25) is 0 Å². The van der Waals surface area contributed by atoms with Crippen LogP contribution in [-0.4, -0.2) is 57.0 Å². The average molecular weight is 227 g/mol. The Morgan fingerprint density at radius 3 is 2.88 bits per heavy atom. The summed E-state index contributed by atoms with van der Waals surface area (Å²) < 4.78 is 1.43. The first kappa shape index (κ1) is 12.1. The van der Waals surface area contributed by atoms with Crippen LogP contribution in [0.15, 0.2) is 6.20 Å². The first-order valence-electron chi connectivity index (χ1n) is 4.62. The monoisotopic (exact) mass is 227 g/mol. The Morgan fingerprint density at radius 2 is 2.31 bits per heavy atom. The van der Waals surface area contributed by atoms with Crippen molar-refractivity contribution in [1.29, 1.82) is 0 Å². The summed E-state index contributed by atoms with van der Waals surface area (Å²) in [5.74, 6) is -1.56. The molecular formula is C8H13N5O3. The molecule has 0 radical (unpaired) electrons. The standard InChI is InChI=1S/C8H13N5O3/c1-12(5-7(14)15)8(16)6-4-13(3-2-9)11-10-6/h4H,2-3,5,9H2,1H3,(H,14,15). The van der Waals surface area contributed by atoms with Gasteiger partial charge < -0.3 is 15.7 Å². The third kappa shape index (κ3) is 3.02. The van der Waals surface area contributed by atoms with Gasteiger partial charge in [-0.2, -0.15) is 0 Å². The van der Waals surface area contributed by atoms with Crippen molar-refractivity contribution >= 4 is 11.9 Å². The van der Waals surface area contributed by atoms with Crippen molar-refractivity contribution in [3.05, 3.63) is 11.9 Å². The Labute approximate surface area is 91.6 Å². The zero-order valence-electron chi connectivity index (χ0n) is 8.83. The SMILES string of the molecule is CN(CC(=O)O)C(=O)c1cn(CCN)nn1. The van der Waals surface area contributed by atoms with E-state index in [1.54, 1.807) is 0 Å². The first-order chi connectivity index (χ1) is 7.54. The summed E-state index contributed by atoms with van der Waals surface area (Å²) in [5.41, 5.74) is 5.42. The number of aromatic nitrogens is 3. The number of hydrogen-bond donors (Lipinski definition) is 2. The molecule has 1 rings (SSSR count). The van der Waals surface area contributed by atoms with E-state index in [-0.39, 0.29) is 12.2 Å². The normalized spacial score (nSPS) is 10.1. The fourth-order valence-electron chi connectivity index (χ4n) is 1.11. The molecule has 0 bridgehead atoms. The number of nitrogens with zero attached hydrogens (tertiary/aromatic N) is 4. The van der Waals surface area contributed by atoms with Gasteiger partial charge in [0.25, 0.3) is 5.91 Å². The van der Waals surface area contributed by atoms with E-state index in [1.807, 2.05) is 0 Å². The minimum absolute atomic E-state index is 0.109. The highest BCUT2D eigenvalue weighted by Gasteiger charge is 2.17. The molecule has 0 saturated heterocycles. The van der Waals surface area contributed by atoms with Crippen LogP contribution in [0.25, 0.3) is 0 Å². The van der Waals surface area contributed by atoms with E-state index >= 15 is 0 Å². The van der Waals surface area contributed by atoms with E-state index in [9.17, 15) is 9.59 Å². The minimum atomic E-state index is -1.08. The zero-order valence-corrected chi connectivity index (χ0v) is 8.83. The number of carbonyl (C=O) groups is 2. The molecule has 0 spiro atoms. The second-order valence-corrected chi connectivity index (χ2v) is 3.21. The number of rotatable bonds is 5. The van der Waals surface area contributed by atoms with Crippen LogP contribution < -0.4 is 5.73 Å². The summed E-state index contributed by atoms with van der Waals surface area (Å²) in [7, 11) is 1.39. The summed E-state index contributed by atoms with van der Waals surface area (Å²) in [4.78, 5) is 23.1. The lowest BCUT2D eigenvalue weighted by atomic mass is 10.4. The molecule has 0 aliphatic rings. The van der Waals surface area contributed by atoms with Crippen LogP contribution in [0, 0.1) is 0 Å². The van der Waals surface area contributed by atoms with Gasteiger partial charge in [-0.15, -0.1) is 5.10 Å². The van der Waals surface area contributed by atoms with Crippen molar-refractivity contribution in [2.24, 2.45) is 5.73 Å². The van der Waals surface area contributed by atoms with Gasteiger partial charge in [0.1, 0.15) is 6.54 Å². The molecule has 0 unspecified atom stereocenters. The number of aliphatic carboxylic acids is 1. The maximum absolute atomic E-state index is 11.6. The second kappa shape index (κ2) is 5.21. The molecule has 8 heteroatoms. The molecule has 1 heterocycles. The molecule has 1 amide bonds. The van der Waals surface area contributed by atoms with Gasteiger partial charge in [0.15, 0.2) is 5.69 Å². The molecule has 1 aromatic heterocycles. The quantitative estimate of drug-likeness (QED) is 0.625. The number of likely N-dealkylation sites (N-methyl/N-ethyl adjacent to an activating group) is 1. The smallest absolute Gasteiger partial charge is 0.323 e. The fraction of sp³-hybridized carbons (Fsp3) is 0.500. The Hall–Kier alpha value is -1.96. The topological polar surface area (TPSA) is 114 Å². The highest BCUT2D eigenvalue weighted by molar-refractivity contribution is 5.93. The lowest BCUT2D eigenvalue weighted by Crippen LogP contribution is -2.32. The largest absolute Gasteiger partial charge is 0.480 e. The molecule has 3 N–H and O–H groups in total. The lowest BCUT2D eigenvalue weighted by molar-refractivity contribution is -0.137. The minimum Gasteiger partial charge on any atom is -0.480 e. The molecule has 88 valence electrons. The second-order valence-electron chi connectivity index (χ2n) is 3.21. The van der Waals surface area contributed by atoms with E-state index in [2.05, 4.69) is 10.3 Å². The number of carbonyl (C=O) groups excluding carboxylic acids is 1. The van der Waals surface area contributed by atoms with E-state index in [1.165, 1.54) is 17.9 Å². The summed E-state index contributed by atoms with van der Waals surface area (Å²) in [5, 5.41) is 15.8. The molecular weight excluding hydrogens is 214 g/mol. The van der Waals surface area contributed by atoms with Crippen molar-refractivity contribution in [2.45, 2.75) is 6.54 Å². The van der Waals surface area contributed by atoms with E-state index in [0.29, 0.717) is 13.1 Å². The summed E-state index contributed by atoms with van der Waals surface area (Å²) in [6.45, 7) is 0.480. The molecule has 0 aliphatic heterocycles. The van der Waals surface area contributed by atoms with Gasteiger partial charge in [-0.1, -0.05) is 5.21 Å². The van der Waals surface area contributed by atoms with Gasteiger partial charge in [0.05, 0.1) is 12.7 Å². The number of hydrogen-bond acceptors (Lipinski definition) is 5. The van der Waals surface area contributed by atoms with Crippen LogP contribution >= 0.6 is 0 Å². The van der Waals surface area contributed by atoms with Gasteiger partial charge in [-0.3, -0.25) is 14.3 Å². The van der Waals surface area contributed by atoms with Crippen molar-refractivity contribution < 1.29 is 14.7 Å². The van der Waals surface area contributed by atoms with Crippen LogP contribution in [0.5, 0.6) is 0 Å². The van der Waals surface area contributed by atoms with Gasteiger partial charge in [-0.25, -0.2) is 0 Å². The summed E-state index contributed by atoms with van der Waals surface area (Å²) in [6, 6.07) is 0. The molecule has 0 fully saturated rings. The summed E-state index contributed by atoms with van der Waals surface area (Å²) >= 11 is 0. The van der Waals surface area contributed by atoms with Crippen LogP contribution in [0.4, 0.5) is 0 Å². The Balaban J connectivity index is 2.68. The van der Waals surface area contributed by atoms with Crippen LogP contribution in [0.2, 0.25) is 0 Å².